The third kappa shape index (κ3) is 5.01. The quantitative estimate of drug-likeness (QED) is 0.544. The fraction of sp³-hybridized carbons (Fsp3) is 0.304. The second-order valence-electron chi connectivity index (χ2n) is 7.44. The molecule has 0 bridgehead atoms. The van der Waals surface area contributed by atoms with Gasteiger partial charge in [-0.1, -0.05) is 54.1 Å². The fourth-order valence-electron chi connectivity index (χ4n) is 3.71. The van der Waals surface area contributed by atoms with Crippen LogP contribution in [0.15, 0.2) is 54.6 Å². The highest BCUT2D eigenvalue weighted by Gasteiger charge is 2.28. The molecule has 7 heteroatoms. The van der Waals surface area contributed by atoms with Crippen LogP contribution in [-0.4, -0.2) is 67.5 Å². The molecule has 1 saturated heterocycles. The molecule has 0 radical (unpaired) electrons. The molecular formula is C23H24ClN3O3. The Hall–Kier alpha value is -2.83. The Labute approximate surface area is 181 Å². The maximum atomic E-state index is 12.8. The number of piperazine rings is 1. The summed E-state index contributed by atoms with van der Waals surface area (Å²) in [4.78, 5) is 30.7. The van der Waals surface area contributed by atoms with Crippen molar-refractivity contribution in [3.63, 3.8) is 0 Å². The Morgan fingerprint density at radius 3 is 2.60 bits per heavy atom. The summed E-state index contributed by atoms with van der Waals surface area (Å²) in [5.41, 5.74) is 1.87. The van der Waals surface area contributed by atoms with Crippen molar-refractivity contribution in [3.05, 3.63) is 65.2 Å². The van der Waals surface area contributed by atoms with E-state index in [0.717, 1.165) is 19.6 Å². The van der Waals surface area contributed by atoms with Gasteiger partial charge < -0.3 is 14.5 Å². The molecule has 0 spiro atoms. The van der Waals surface area contributed by atoms with Gasteiger partial charge in [-0.2, -0.15) is 0 Å². The lowest BCUT2D eigenvalue weighted by Crippen LogP contribution is -2.52. The van der Waals surface area contributed by atoms with Crippen LogP contribution in [0.4, 0.5) is 5.69 Å². The maximum absolute atomic E-state index is 12.8. The van der Waals surface area contributed by atoms with E-state index < -0.39 is 0 Å². The van der Waals surface area contributed by atoms with Gasteiger partial charge in [-0.05, 0) is 23.8 Å². The first kappa shape index (κ1) is 20.4. The number of rotatable bonds is 5. The minimum atomic E-state index is -0.368. The SMILES string of the molecule is O=C1CN(CC(=O)N2CCN(C/C=C/c3ccccc3)CC2)c2cc(Cl)ccc2O1. The minimum Gasteiger partial charge on any atom is -0.423 e. The van der Waals surface area contributed by atoms with E-state index in [4.69, 9.17) is 16.3 Å². The van der Waals surface area contributed by atoms with Crippen LogP contribution in [0.1, 0.15) is 5.56 Å². The average molecular weight is 426 g/mol. The molecule has 0 unspecified atom stereocenters. The molecule has 4 rings (SSSR count). The van der Waals surface area contributed by atoms with Crippen molar-refractivity contribution in [2.24, 2.45) is 0 Å². The van der Waals surface area contributed by atoms with Crippen LogP contribution >= 0.6 is 11.6 Å². The number of benzene rings is 2. The lowest BCUT2D eigenvalue weighted by molar-refractivity contribution is -0.134. The van der Waals surface area contributed by atoms with Crippen LogP contribution in [-0.2, 0) is 9.59 Å². The van der Waals surface area contributed by atoms with Crippen molar-refractivity contribution in [1.82, 2.24) is 9.80 Å². The van der Waals surface area contributed by atoms with E-state index in [-0.39, 0.29) is 25.0 Å². The summed E-state index contributed by atoms with van der Waals surface area (Å²) in [5, 5.41) is 0.543. The number of esters is 1. The van der Waals surface area contributed by atoms with Gasteiger partial charge in [0.15, 0.2) is 5.75 Å². The van der Waals surface area contributed by atoms with Gasteiger partial charge in [-0.3, -0.25) is 9.69 Å². The van der Waals surface area contributed by atoms with Crippen LogP contribution in [0.2, 0.25) is 5.02 Å². The first-order chi connectivity index (χ1) is 14.6. The number of ether oxygens (including phenoxy) is 1. The topological polar surface area (TPSA) is 53.1 Å². The van der Waals surface area contributed by atoms with Crippen molar-refractivity contribution < 1.29 is 14.3 Å². The van der Waals surface area contributed by atoms with E-state index in [1.165, 1.54) is 5.56 Å². The Kier molecular flexibility index (Phi) is 6.35. The van der Waals surface area contributed by atoms with Gasteiger partial charge in [0, 0.05) is 37.7 Å². The van der Waals surface area contributed by atoms with Crippen molar-refractivity contribution in [3.8, 4) is 5.75 Å². The van der Waals surface area contributed by atoms with Crippen LogP contribution < -0.4 is 9.64 Å². The Morgan fingerprint density at radius 2 is 1.83 bits per heavy atom. The second kappa shape index (κ2) is 9.32. The largest absolute Gasteiger partial charge is 0.423 e. The van der Waals surface area contributed by atoms with E-state index in [1.54, 1.807) is 23.1 Å². The lowest BCUT2D eigenvalue weighted by atomic mass is 10.2. The van der Waals surface area contributed by atoms with E-state index in [1.807, 2.05) is 23.1 Å². The number of carbonyl (C=O) groups is 2. The molecule has 156 valence electrons. The molecule has 2 aliphatic heterocycles. The number of amides is 1. The molecule has 2 aromatic rings. The summed E-state index contributed by atoms with van der Waals surface area (Å²) < 4.78 is 5.25. The third-order valence-electron chi connectivity index (χ3n) is 5.33. The summed E-state index contributed by atoms with van der Waals surface area (Å²) in [6.07, 6.45) is 4.28. The average Bonchev–Trinajstić information content (AvgIpc) is 2.75. The van der Waals surface area contributed by atoms with Gasteiger partial charge in [-0.15, -0.1) is 0 Å². The zero-order valence-electron chi connectivity index (χ0n) is 16.7. The number of halogens is 1. The highest BCUT2D eigenvalue weighted by atomic mass is 35.5. The van der Waals surface area contributed by atoms with Crippen molar-refractivity contribution >= 4 is 35.2 Å². The molecule has 2 aliphatic rings. The second-order valence-corrected chi connectivity index (χ2v) is 7.87. The number of hydrogen-bond acceptors (Lipinski definition) is 5. The van der Waals surface area contributed by atoms with E-state index in [0.29, 0.717) is 29.5 Å². The summed E-state index contributed by atoms with van der Waals surface area (Å²) in [6.45, 7) is 4.06. The number of carbonyl (C=O) groups excluding carboxylic acids is 2. The molecule has 0 atom stereocenters. The summed E-state index contributed by atoms with van der Waals surface area (Å²) in [6, 6.07) is 15.3. The van der Waals surface area contributed by atoms with E-state index in [2.05, 4.69) is 29.2 Å². The molecule has 1 amide bonds. The number of nitrogens with zero attached hydrogens (tertiary/aromatic N) is 3. The van der Waals surface area contributed by atoms with Gasteiger partial charge in [0.1, 0.15) is 6.54 Å². The van der Waals surface area contributed by atoms with Gasteiger partial charge in [-0.25, -0.2) is 4.79 Å². The van der Waals surface area contributed by atoms with Gasteiger partial charge in [0.25, 0.3) is 0 Å². The Balaban J connectivity index is 1.29. The molecule has 2 heterocycles. The number of hydrogen-bond donors (Lipinski definition) is 0. The first-order valence-electron chi connectivity index (χ1n) is 10.1. The zero-order chi connectivity index (χ0) is 20.9. The fourth-order valence-corrected chi connectivity index (χ4v) is 3.87. The van der Waals surface area contributed by atoms with Gasteiger partial charge in [0.05, 0.1) is 12.2 Å². The highest BCUT2D eigenvalue weighted by molar-refractivity contribution is 6.31. The first-order valence-corrected chi connectivity index (χ1v) is 10.4. The normalized spacial score (nSPS) is 17.2. The van der Waals surface area contributed by atoms with Crippen molar-refractivity contribution in [1.29, 1.82) is 0 Å². The Morgan fingerprint density at radius 1 is 1.07 bits per heavy atom. The van der Waals surface area contributed by atoms with Crippen LogP contribution in [0.25, 0.3) is 6.08 Å². The molecule has 0 aromatic heterocycles. The summed E-state index contributed by atoms with van der Waals surface area (Å²) in [7, 11) is 0. The molecular weight excluding hydrogens is 402 g/mol. The number of anilines is 1. The predicted molar refractivity (Wildman–Crippen MR) is 118 cm³/mol. The van der Waals surface area contributed by atoms with Crippen LogP contribution in [0.5, 0.6) is 5.75 Å². The lowest BCUT2D eigenvalue weighted by Gasteiger charge is -2.36. The molecule has 0 saturated carbocycles. The third-order valence-corrected chi connectivity index (χ3v) is 5.57. The van der Waals surface area contributed by atoms with E-state index >= 15 is 0 Å². The van der Waals surface area contributed by atoms with Crippen LogP contribution in [0.3, 0.4) is 0 Å². The van der Waals surface area contributed by atoms with Gasteiger partial charge in [0.2, 0.25) is 5.91 Å². The standard InChI is InChI=1S/C23H24ClN3O3/c24-19-8-9-21-20(15-19)27(17-23(29)30-21)16-22(28)26-13-11-25(12-14-26)10-4-7-18-5-2-1-3-6-18/h1-9,15H,10-14,16-17H2/b7-4+. The molecule has 6 nitrogen and oxygen atoms in total. The Bertz CT molecular complexity index is 940. The number of fused-ring (bicyclic) bond motifs is 1. The predicted octanol–water partition coefficient (Wildman–Crippen LogP) is 2.92. The maximum Gasteiger partial charge on any atom is 0.331 e. The molecule has 1 fully saturated rings. The molecule has 2 aromatic carbocycles. The van der Waals surface area contributed by atoms with Crippen molar-refractivity contribution in [2.45, 2.75) is 0 Å². The van der Waals surface area contributed by atoms with Crippen molar-refractivity contribution in [2.75, 3.05) is 50.7 Å². The molecule has 0 aliphatic carbocycles. The zero-order valence-corrected chi connectivity index (χ0v) is 17.4. The summed E-state index contributed by atoms with van der Waals surface area (Å²) in [5.74, 6) is 0.0845. The monoisotopic (exact) mass is 425 g/mol. The van der Waals surface area contributed by atoms with Gasteiger partial charge >= 0.3 is 5.97 Å². The minimum absolute atomic E-state index is 0.00935. The highest BCUT2D eigenvalue weighted by Crippen LogP contribution is 2.34. The smallest absolute Gasteiger partial charge is 0.331 e. The van der Waals surface area contributed by atoms with Crippen LogP contribution in [0, 0.1) is 0 Å². The summed E-state index contributed by atoms with van der Waals surface area (Å²) >= 11 is 6.09. The molecule has 30 heavy (non-hydrogen) atoms. The van der Waals surface area contributed by atoms with E-state index in [9.17, 15) is 9.59 Å². The molecule has 0 N–H and O–H groups in total.